The van der Waals surface area contributed by atoms with Crippen molar-refractivity contribution in [2.75, 3.05) is 6.61 Å². The molecule has 0 radical (unpaired) electrons. The second-order valence-corrected chi connectivity index (χ2v) is 9.22. The zero-order valence-electron chi connectivity index (χ0n) is 18.0. The van der Waals surface area contributed by atoms with Crippen molar-refractivity contribution in [1.29, 1.82) is 0 Å². The van der Waals surface area contributed by atoms with Crippen molar-refractivity contribution in [2.24, 2.45) is 4.99 Å². The van der Waals surface area contributed by atoms with Gasteiger partial charge in [-0.1, -0.05) is 79.4 Å². The van der Waals surface area contributed by atoms with Crippen LogP contribution in [-0.4, -0.2) is 22.6 Å². The van der Waals surface area contributed by atoms with Crippen molar-refractivity contribution < 1.29 is 9.53 Å². The Kier molecular flexibility index (Phi) is 7.81. The van der Waals surface area contributed by atoms with Crippen molar-refractivity contribution >= 4 is 44.8 Å². The third-order valence-electron chi connectivity index (χ3n) is 4.92. The maximum atomic E-state index is 13.3. The molecule has 0 atom stereocenters. The van der Waals surface area contributed by atoms with E-state index in [2.05, 4.69) is 22.5 Å². The molecule has 1 aliphatic heterocycles. The first-order valence-corrected chi connectivity index (χ1v) is 12.1. The molecule has 1 saturated heterocycles. The number of amidine groups is 1. The number of thioether (sulfide) groups is 1. The molecule has 0 bridgehead atoms. The number of halogens is 1. The molecular formula is C27H23BrN2O2S. The lowest BCUT2D eigenvalue weighted by Gasteiger charge is -2.15. The van der Waals surface area contributed by atoms with E-state index in [-0.39, 0.29) is 5.91 Å². The van der Waals surface area contributed by atoms with Gasteiger partial charge in [0.25, 0.3) is 5.91 Å². The fourth-order valence-electron chi connectivity index (χ4n) is 3.30. The zero-order valence-corrected chi connectivity index (χ0v) is 20.4. The maximum absolute atomic E-state index is 13.3. The second-order valence-electron chi connectivity index (χ2n) is 7.36. The van der Waals surface area contributed by atoms with E-state index in [4.69, 9.17) is 9.73 Å². The van der Waals surface area contributed by atoms with Crippen molar-refractivity contribution in [2.45, 2.75) is 13.1 Å². The van der Waals surface area contributed by atoms with Crippen molar-refractivity contribution in [1.82, 2.24) is 4.90 Å². The predicted molar refractivity (Wildman–Crippen MR) is 140 cm³/mol. The predicted octanol–water partition coefficient (Wildman–Crippen LogP) is 6.69. The van der Waals surface area contributed by atoms with Crippen LogP contribution in [0.25, 0.3) is 6.08 Å². The van der Waals surface area contributed by atoms with Crippen LogP contribution in [0, 0.1) is 0 Å². The monoisotopic (exact) mass is 518 g/mol. The highest BCUT2D eigenvalue weighted by atomic mass is 79.9. The first-order valence-electron chi connectivity index (χ1n) is 10.5. The molecule has 0 unspecified atom stereocenters. The summed E-state index contributed by atoms with van der Waals surface area (Å²) in [6, 6.07) is 25.8. The van der Waals surface area contributed by atoms with E-state index in [1.54, 1.807) is 11.0 Å². The number of ether oxygens (including phenoxy) is 1. The summed E-state index contributed by atoms with van der Waals surface area (Å²) in [5, 5.41) is 0.712. The largest absolute Gasteiger partial charge is 0.488 e. The van der Waals surface area contributed by atoms with Crippen LogP contribution in [-0.2, 0) is 17.9 Å². The highest BCUT2D eigenvalue weighted by Gasteiger charge is 2.33. The molecule has 4 rings (SSSR count). The molecule has 0 spiro atoms. The quantitative estimate of drug-likeness (QED) is 0.246. The number of rotatable bonds is 8. The van der Waals surface area contributed by atoms with Gasteiger partial charge in [0, 0.05) is 0 Å². The topological polar surface area (TPSA) is 41.9 Å². The Morgan fingerprint density at radius 2 is 1.70 bits per heavy atom. The average Bonchev–Trinajstić information content (AvgIpc) is 3.12. The number of aliphatic imine (C=N–C) groups is 1. The Balaban J connectivity index is 1.60. The van der Waals surface area contributed by atoms with Crippen LogP contribution < -0.4 is 4.74 Å². The highest BCUT2D eigenvalue weighted by Crippen LogP contribution is 2.35. The first kappa shape index (κ1) is 23.1. The summed E-state index contributed by atoms with van der Waals surface area (Å²) in [5.74, 6) is 0.692. The number of hydrogen-bond acceptors (Lipinski definition) is 4. The van der Waals surface area contributed by atoms with Gasteiger partial charge in [0.05, 0.1) is 22.5 Å². The molecular weight excluding hydrogens is 496 g/mol. The minimum atomic E-state index is -0.0428. The van der Waals surface area contributed by atoms with Crippen LogP contribution in [0.1, 0.15) is 16.7 Å². The first-order chi connectivity index (χ1) is 16.1. The van der Waals surface area contributed by atoms with Crippen LogP contribution in [0.15, 0.2) is 106 Å². The molecule has 0 N–H and O–H groups in total. The fourth-order valence-corrected chi connectivity index (χ4v) is 4.78. The summed E-state index contributed by atoms with van der Waals surface area (Å²) in [6.07, 6.45) is 3.60. The molecule has 33 heavy (non-hydrogen) atoms. The van der Waals surface area contributed by atoms with Gasteiger partial charge in [-0.15, -0.1) is 0 Å². The van der Waals surface area contributed by atoms with Gasteiger partial charge in [-0.05, 0) is 62.6 Å². The smallest absolute Gasteiger partial charge is 0.267 e. The SMILES string of the molecule is C=CCOc1ccc(/C=C2\SC(=NCc3ccccc3)N(Cc3ccccc3)C2=O)cc1Br. The molecule has 166 valence electrons. The minimum Gasteiger partial charge on any atom is -0.488 e. The van der Waals surface area contributed by atoms with Gasteiger partial charge in [0.15, 0.2) is 5.17 Å². The van der Waals surface area contributed by atoms with E-state index in [1.807, 2.05) is 84.9 Å². The van der Waals surface area contributed by atoms with Crippen LogP contribution >= 0.6 is 27.7 Å². The third kappa shape index (κ3) is 6.03. The van der Waals surface area contributed by atoms with Crippen LogP contribution in [0.3, 0.4) is 0 Å². The molecule has 0 saturated carbocycles. The molecule has 3 aromatic carbocycles. The molecule has 1 heterocycles. The van der Waals surface area contributed by atoms with Gasteiger partial charge in [-0.2, -0.15) is 0 Å². The van der Waals surface area contributed by atoms with E-state index in [0.29, 0.717) is 29.8 Å². The second kappa shape index (κ2) is 11.2. The fraction of sp³-hybridized carbons (Fsp3) is 0.111. The van der Waals surface area contributed by atoms with E-state index in [0.717, 1.165) is 26.9 Å². The zero-order chi connectivity index (χ0) is 23.0. The molecule has 1 fully saturated rings. The Morgan fingerprint density at radius 1 is 1.00 bits per heavy atom. The summed E-state index contributed by atoms with van der Waals surface area (Å²) in [6.45, 7) is 5.11. The van der Waals surface area contributed by atoms with Crippen molar-refractivity contribution in [3.8, 4) is 5.75 Å². The molecule has 0 aliphatic carbocycles. The van der Waals surface area contributed by atoms with Gasteiger partial charge in [0.2, 0.25) is 0 Å². The Hall–Kier alpha value is -3.09. The van der Waals surface area contributed by atoms with Crippen LogP contribution in [0.4, 0.5) is 0 Å². The Labute approximate surface area is 206 Å². The summed E-state index contributed by atoms with van der Waals surface area (Å²) in [4.78, 5) is 20.5. The van der Waals surface area contributed by atoms with Gasteiger partial charge in [0.1, 0.15) is 12.4 Å². The number of carbonyl (C=O) groups excluding carboxylic acids is 1. The summed E-state index contributed by atoms with van der Waals surface area (Å²) >= 11 is 4.96. The molecule has 0 aromatic heterocycles. The number of carbonyl (C=O) groups is 1. The molecule has 6 heteroatoms. The number of hydrogen-bond donors (Lipinski definition) is 0. The van der Waals surface area contributed by atoms with Gasteiger partial charge < -0.3 is 4.74 Å². The average molecular weight is 519 g/mol. The lowest BCUT2D eigenvalue weighted by Crippen LogP contribution is -2.28. The number of amides is 1. The summed E-state index contributed by atoms with van der Waals surface area (Å²) in [5.41, 5.74) is 3.08. The normalized spacial score (nSPS) is 15.9. The van der Waals surface area contributed by atoms with E-state index < -0.39 is 0 Å². The number of nitrogens with zero attached hydrogens (tertiary/aromatic N) is 2. The standard InChI is InChI=1S/C27H23BrN2O2S/c1-2-15-32-24-14-13-22(16-23(24)28)17-25-26(31)30(19-21-11-7-4-8-12-21)27(33-25)29-18-20-9-5-3-6-10-20/h2-14,16-17H,1,15,18-19H2/b25-17-,29-27?. The van der Waals surface area contributed by atoms with Crippen LogP contribution in [0.5, 0.6) is 5.75 Å². The highest BCUT2D eigenvalue weighted by molar-refractivity contribution is 9.10. The molecule has 4 nitrogen and oxygen atoms in total. The van der Waals surface area contributed by atoms with Gasteiger partial charge in [-0.3, -0.25) is 14.7 Å². The third-order valence-corrected chi connectivity index (χ3v) is 6.59. The van der Waals surface area contributed by atoms with E-state index >= 15 is 0 Å². The van der Waals surface area contributed by atoms with Crippen LogP contribution in [0.2, 0.25) is 0 Å². The lowest BCUT2D eigenvalue weighted by molar-refractivity contribution is -0.122. The molecule has 3 aromatic rings. The summed E-state index contributed by atoms with van der Waals surface area (Å²) < 4.78 is 6.45. The van der Waals surface area contributed by atoms with E-state index in [1.165, 1.54) is 11.8 Å². The maximum Gasteiger partial charge on any atom is 0.267 e. The van der Waals surface area contributed by atoms with Gasteiger partial charge in [-0.25, -0.2) is 0 Å². The summed E-state index contributed by atoms with van der Waals surface area (Å²) in [7, 11) is 0. The Morgan fingerprint density at radius 3 is 2.36 bits per heavy atom. The lowest BCUT2D eigenvalue weighted by atomic mass is 10.2. The number of benzene rings is 3. The van der Waals surface area contributed by atoms with E-state index in [9.17, 15) is 4.79 Å². The minimum absolute atomic E-state index is 0.0428. The van der Waals surface area contributed by atoms with Crippen molar-refractivity contribution in [3.63, 3.8) is 0 Å². The molecule has 1 amide bonds. The van der Waals surface area contributed by atoms with Crippen molar-refractivity contribution in [3.05, 3.63) is 118 Å². The molecule has 1 aliphatic rings. The van der Waals surface area contributed by atoms with Gasteiger partial charge >= 0.3 is 0 Å². The Bertz CT molecular complexity index is 1190.